The van der Waals surface area contributed by atoms with E-state index in [0.29, 0.717) is 18.8 Å². The van der Waals surface area contributed by atoms with E-state index in [1.165, 1.54) is 10.4 Å². The van der Waals surface area contributed by atoms with Crippen molar-refractivity contribution in [3.63, 3.8) is 0 Å². The molecule has 3 heterocycles. The van der Waals surface area contributed by atoms with Crippen molar-refractivity contribution in [3.05, 3.63) is 65.6 Å². The van der Waals surface area contributed by atoms with Crippen LogP contribution in [0.5, 0.6) is 0 Å². The summed E-state index contributed by atoms with van der Waals surface area (Å²) in [6.07, 6.45) is 6.49. The summed E-state index contributed by atoms with van der Waals surface area (Å²) < 4.78 is 29.5. The molecule has 3 aromatic rings. The minimum atomic E-state index is -3.69. The SMILES string of the molecule is Cc1cccn2cc(CNC(=O)c3ccccc3S(=O)(=O)N3CCCCC3)nc12. The molecule has 0 spiro atoms. The van der Waals surface area contributed by atoms with Gasteiger partial charge in [-0.25, -0.2) is 13.4 Å². The predicted molar refractivity (Wildman–Crippen MR) is 110 cm³/mol. The number of pyridine rings is 1. The fourth-order valence-electron chi connectivity index (χ4n) is 3.68. The van der Waals surface area contributed by atoms with E-state index in [1.807, 2.05) is 35.9 Å². The fourth-order valence-corrected chi connectivity index (χ4v) is 5.39. The van der Waals surface area contributed by atoms with E-state index in [1.54, 1.807) is 18.2 Å². The Labute approximate surface area is 170 Å². The minimum absolute atomic E-state index is 0.0604. The van der Waals surface area contributed by atoms with Crippen LogP contribution in [0.4, 0.5) is 0 Å². The van der Waals surface area contributed by atoms with Gasteiger partial charge in [-0.1, -0.05) is 24.6 Å². The second kappa shape index (κ2) is 7.96. The molecule has 4 rings (SSSR count). The lowest BCUT2D eigenvalue weighted by atomic mass is 10.2. The van der Waals surface area contributed by atoms with Crippen LogP contribution in [0.2, 0.25) is 0 Å². The zero-order valence-corrected chi connectivity index (χ0v) is 17.2. The molecule has 1 fully saturated rings. The van der Waals surface area contributed by atoms with Crippen LogP contribution < -0.4 is 5.32 Å². The highest BCUT2D eigenvalue weighted by molar-refractivity contribution is 7.89. The zero-order valence-electron chi connectivity index (χ0n) is 16.3. The molecule has 1 N–H and O–H groups in total. The summed E-state index contributed by atoms with van der Waals surface area (Å²) in [5.41, 5.74) is 2.76. The number of imidazole rings is 1. The van der Waals surface area contributed by atoms with E-state index in [-0.39, 0.29) is 17.0 Å². The van der Waals surface area contributed by atoms with Crippen LogP contribution >= 0.6 is 0 Å². The van der Waals surface area contributed by atoms with Gasteiger partial charge in [0.25, 0.3) is 5.91 Å². The molecule has 152 valence electrons. The van der Waals surface area contributed by atoms with Crippen LogP contribution in [0, 0.1) is 6.92 Å². The average Bonchev–Trinajstić information content (AvgIpc) is 3.17. The Morgan fingerprint density at radius 2 is 1.86 bits per heavy atom. The summed E-state index contributed by atoms with van der Waals surface area (Å²) in [6.45, 7) is 3.20. The van der Waals surface area contributed by atoms with Crippen LogP contribution in [0.1, 0.15) is 40.9 Å². The van der Waals surface area contributed by atoms with Gasteiger partial charge in [0.2, 0.25) is 10.0 Å². The molecule has 1 aliphatic heterocycles. The monoisotopic (exact) mass is 412 g/mol. The van der Waals surface area contributed by atoms with Crippen molar-refractivity contribution in [2.45, 2.75) is 37.6 Å². The van der Waals surface area contributed by atoms with E-state index in [2.05, 4.69) is 10.3 Å². The van der Waals surface area contributed by atoms with Crippen molar-refractivity contribution in [3.8, 4) is 0 Å². The van der Waals surface area contributed by atoms with E-state index in [4.69, 9.17) is 0 Å². The summed E-state index contributed by atoms with van der Waals surface area (Å²) in [7, 11) is -3.69. The molecule has 1 amide bonds. The van der Waals surface area contributed by atoms with Crippen molar-refractivity contribution in [2.24, 2.45) is 0 Å². The minimum Gasteiger partial charge on any atom is -0.346 e. The van der Waals surface area contributed by atoms with Gasteiger partial charge in [0.1, 0.15) is 5.65 Å². The van der Waals surface area contributed by atoms with E-state index in [0.717, 1.165) is 30.5 Å². The third kappa shape index (κ3) is 3.90. The molecule has 0 saturated carbocycles. The molecule has 2 aromatic heterocycles. The second-order valence-corrected chi connectivity index (χ2v) is 9.20. The van der Waals surface area contributed by atoms with Crippen molar-refractivity contribution in [1.29, 1.82) is 0 Å². The third-order valence-electron chi connectivity index (χ3n) is 5.22. The molecule has 7 nitrogen and oxygen atoms in total. The van der Waals surface area contributed by atoms with Crippen LogP contribution in [-0.4, -0.2) is 41.1 Å². The summed E-state index contributed by atoms with van der Waals surface area (Å²) in [6, 6.07) is 10.3. The highest BCUT2D eigenvalue weighted by Gasteiger charge is 2.29. The normalized spacial score (nSPS) is 15.5. The maximum absolute atomic E-state index is 13.1. The molecule has 1 saturated heterocycles. The topological polar surface area (TPSA) is 83.8 Å². The van der Waals surface area contributed by atoms with Crippen molar-refractivity contribution in [1.82, 2.24) is 19.0 Å². The molecular formula is C21H24N4O3S. The van der Waals surface area contributed by atoms with Gasteiger partial charge in [0, 0.05) is 25.5 Å². The summed E-state index contributed by atoms with van der Waals surface area (Å²) >= 11 is 0. The first kappa shape index (κ1) is 19.6. The number of nitrogens with zero attached hydrogens (tertiary/aromatic N) is 3. The van der Waals surface area contributed by atoms with Crippen molar-refractivity contribution < 1.29 is 13.2 Å². The Kier molecular flexibility index (Phi) is 5.38. The number of nitrogens with one attached hydrogen (secondary N) is 1. The van der Waals surface area contributed by atoms with Gasteiger partial charge in [-0.15, -0.1) is 0 Å². The number of carbonyl (C=O) groups excluding carboxylic acids is 1. The van der Waals surface area contributed by atoms with Gasteiger partial charge in [-0.3, -0.25) is 4.79 Å². The second-order valence-electron chi connectivity index (χ2n) is 7.30. The zero-order chi connectivity index (χ0) is 20.4. The van der Waals surface area contributed by atoms with E-state index < -0.39 is 15.9 Å². The number of aromatic nitrogens is 2. The Bertz CT molecular complexity index is 1150. The first-order valence-corrected chi connectivity index (χ1v) is 11.2. The number of sulfonamides is 1. The number of aryl methyl sites for hydroxylation is 1. The Morgan fingerprint density at radius 1 is 1.10 bits per heavy atom. The molecule has 0 aliphatic carbocycles. The first-order chi connectivity index (χ1) is 14.0. The summed E-state index contributed by atoms with van der Waals surface area (Å²) in [5, 5.41) is 2.81. The van der Waals surface area contributed by atoms with E-state index >= 15 is 0 Å². The van der Waals surface area contributed by atoms with Gasteiger partial charge in [0.15, 0.2) is 0 Å². The van der Waals surface area contributed by atoms with Crippen LogP contribution in [-0.2, 0) is 16.6 Å². The van der Waals surface area contributed by atoms with Gasteiger partial charge in [0.05, 0.1) is 22.7 Å². The Balaban J connectivity index is 1.55. The average molecular weight is 413 g/mol. The number of carbonyl (C=O) groups is 1. The Hall–Kier alpha value is -2.71. The highest BCUT2D eigenvalue weighted by Crippen LogP contribution is 2.23. The maximum atomic E-state index is 13.1. The molecule has 0 unspecified atom stereocenters. The van der Waals surface area contributed by atoms with Crippen molar-refractivity contribution in [2.75, 3.05) is 13.1 Å². The highest BCUT2D eigenvalue weighted by atomic mass is 32.2. The van der Waals surface area contributed by atoms with Crippen molar-refractivity contribution >= 4 is 21.6 Å². The van der Waals surface area contributed by atoms with Gasteiger partial charge < -0.3 is 9.72 Å². The third-order valence-corrected chi connectivity index (χ3v) is 7.18. The van der Waals surface area contributed by atoms with Gasteiger partial charge in [-0.2, -0.15) is 4.31 Å². The lowest BCUT2D eigenvalue weighted by molar-refractivity contribution is 0.0947. The lowest BCUT2D eigenvalue weighted by Gasteiger charge is -2.26. The summed E-state index contributed by atoms with van der Waals surface area (Å²) in [4.78, 5) is 17.4. The molecule has 0 radical (unpaired) electrons. The van der Waals surface area contributed by atoms with E-state index in [9.17, 15) is 13.2 Å². The maximum Gasteiger partial charge on any atom is 0.252 e. The first-order valence-electron chi connectivity index (χ1n) is 9.77. The molecular weight excluding hydrogens is 388 g/mol. The van der Waals surface area contributed by atoms with Gasteiger partial charge in [-0.05, 0) is 43.5 Å². The number of hydrogen-bond acceptors (Lipinski definition) is 4. The number of hydrogen-bond donors (Lipinski definition) is 1. The van der Waals surface area contributed by atoms with Crippen LogP contribution in [0.25, 0.3) is 5.65 Å². The standard InChI is InChI=1S/C21H24N4O3S/c1-16-8-7-11-24-15-17(23-20(16)24)14-22-21(26)18-9-3-4-10-19(18)29(27,28)25-12-5-2-6-13-25/h3-4,7-11,15H,2,5-6,12-14H2,1H3,(H,22,26). The number of amides is 1. The number of piperidine rings is 1. The summed E-state index contributed by atoms with van der Waals surface area (Å²) in [5.74, 6) is -0.421. The molecule has 1 aliphatic rings. The molecule has 0 atom stereocenters. The molecule has 8 heteroatoms. The predicted octanol–water partition coefficient (Wildman–Crippen LogP) is 2.75. The number of rotatable bonds is 5. The van der Waals surface area contributed by atoms with Crippen LogP contribution in [0.3, 0.4) is 0 Å². The molecule has 1 aromatic carbocycles. The van der Waals surface area contributed by atoms with Crippen LogP contribution in [0.15, 0.2) is 53.7 Å². The fraction of sp³-hybridized carbons (Fsp3) is 0.333. The quantitative estimate of drug-likeness (QED) is 0.698. The molecule has 29 heavy (non-hydrogen) atoms. The molecule has 0 bridgehead atoms. The van der Waals surface area contributed by atoms with Gasteiger partial charge >= 0.3 is 0 Å². The Morgan fingerprint density at radius 3 is 2.62 bits per heavy atom. The number of fused-ring (bicyclic) bond motifs is 1. The smallest absolute Gasteiger partial charge is 0.252 e. The largest absolute Gasteiger partial charge is 0.346 e. The lowest BCUT2D eigenvalue weighted by Crippen LogP contribution is -2.37. The number of benzene rings is 1.